The van der Waals surface area contributed by atoms with Crippen molar-refractivity contribution in [3.05, 3.63) is 59.4 Å². The van der Waals surface area contributed by atoms with Gasteiger partial charge in [0.25, 0.3) is 0 Å². The Bertz CT molecular complexity index is 560. The number of aryl methyl sites for hydroxylation is 1. The van der Waals surface area contributed by atoms with E-state index in [0.717, 1.165) is 12.0 Å². The molecule has 1 aliphatic rings. The topological polar surface area (TPSA) is 12.0 Å². The van der Waals surface area contributed by atoms with Crippen LogP contribution in [0, 0.1) is 5.82 Å². The van der Waals surface area contributed by atoms with Crippen molar-refractivity contribution in [3.63, 3.8) is 0 Å². The van der Waals surface area contributed by atoms with E-state index in [1.54, 1.807) is 0 Å². The van der Waals surface area contributed by atoms with Crippen LogP contribution in [0.1, 0.15) is 23.6 Å². The van der Waals surface area contributed by atoms with Crippen LogP contribution in [0.5, 0.6) is 0 Å². The number of benzene rings is 2. The lowest BCUT2D eigenvalue weighted by Crippen LogP contribution is -2.12. The van der Waals surface area contributed by atoms with E-state index in [1.807, 2.05) is 19.2 Å². The predicted octanol–water partition coefficient (Wildman–Crippen LogP) is 3.70. The largest absolute Gasteiger partial charge is 0.313 e. The first-order valence-corrected chi connectivity index (χ1v) is 6.34. The van der Waals surface area contributed by atoms with Crippen molar-refractivity contribution in [2.24, 2.45) is 0 Å². The summed E-state index contributed by atoms with van der Waals surface area (Å²) in [4.78, 5) is 0. The lowest BCUT2D eigenvalue weighted by Gasteiger charge is -2.10. The molecule has 3 rings (SSSR count). The van der Waals surface area contributed by atoms with Crippen LogP contribution in [0.4, 0.5) is 4.39 Å². The van der Waals surface area contributed by atoms with Gasteiger partial charge < -0.3 is 5.32 Å². The summed E-state index contributed by atoms with van der Waals surface area (Å²) >= 11 is 0. The van der Waals surface area contributed by atoms with Gasteiger partial charge in [0.05, 0.1) is 0 Å². The second-order valence-corrected chi connectivity index (χ2v) is 4.80. The average molecular weight is 241 g/mol. The standard InChI is InChI=1S/C16H16FN/c1-18-16-9-5-13-10-12(4-8-15(13)16)11-2-6-14(17)7-3-11/h2-4,6-8,10,16,18H,5,9H2,1H3. The fourth-order valence-electron chi connectivity index (χ4n) is 2.74. The SMILES string of the molecule is CNC1CCc2cc(-c3ccc(F)cc3)ccc21. The highest BCUT2D eigenvalue weighted by atomic mass is 19.1. The van der Waals surface area contributed by atoms with E-state index in [9.17, 15) is 4.39 Å². The monoisotopic (exact) mass is 241 g/mol. The number of fused-ring (bicyclic) bond motifs is 1. The number of halogens is 1. The maximum atomic E-state index is 12.9. The molecule has 2 aromatic carbocycles. The highest BCUT2D eigenvalue weighted by Crippen LogP contribution is 2.33. The average Bonchev–Trinajstić information content (AvgIpc) is 2.81. The van der Waals surface area contributed by atoms with Crippen molar-refractivity contribution < 1.29 is 4.39 Å². The highest BCUT2D eigenvalue weighted by molar-refractivity contribution is 5.65. The van der Waals surface area contributed by atoms with Gasteiger partial charge in [-0.25, -0.2) is 4.39 Å². The Labute approximate surface area is 107 Å². The number of nitrogens with one attached hydrogen (secondary N) is 1. The van der Waals surface area contributed by atoms with Crippen LogP contribution in [0.15, 0.2) is 42.5 Å². The van der Waals surface area contributed by atoms with Gasteiger partial charge in [0.2, 0.25) is 0 Å². The third kappa shape index (κ3) is 1.93. The summed E-state index contributed by atoms with van der Waals surface area (Å²) in [6.07, 6.45) is 2.29. The first-order chi connectivity index (χ1) is 8.78. The summed E-state index contributed by atoms with van der Waals surface area (Å²) in [5.74, 6) is -0.185. The first kappa shape index (κ1) is 11.4. The number of rotatable bonds is 2. The normalized spacial score (nSPS) is 17.8. The van der Waals surface area contributed by atoms with Gasteiger partial charge in [-0.1, -0.05) is 30.3 Å². The summed E-state index contributed by atoms with van der Waals surface area (Å²) in [6.45, 7) is 0. The Kier molecular flexibility index (Phi) is 2.88. The molecule has 0 aromatic heterocycles. The molecule has 0 spiro atoms. The summed E-state index contributed by atoms with van der Waals surface area (Å²) < 4.78 is 12.9. The molecule has 2 heteroatoms. The summed E-state index contributed by atoms with van der Waals surface area (Å²) in [7, 11) is 2.01. The summed E-state index contributed by atoms with van der Waals surface area (Å²) in [5.41, 5.74) is 5.07. The van der Waals surface area contributed by atoms with Crippen LogP contribution in [0.3, 0.4) is 0 Å². The lowest BCUT2D eigenvalue weighted by atomic mass is 10.00. The second-order valence-electron chi connectivity index (χ2n) is 4.80. The van der Waals surface area contributed by atoms with E-state index in [0.29, 0.717) is 6.04 Å². The molecule has 1 atom stereocenters. The van der Waals surface area contributed by atoms with Crippen LogP contribution in [-0.2, 0) is 6.42 Å². The quantitative estimate of drug-likeness (QED) is 0.845. The van der Waals surface area contributed by atoms with Crippen LogP contribution < -0.4 is 5.32 Å². The molecule has 0 saturated carbocycles. The zero-order valence-electron chi connectivity index (χ0n) is 10.4. The zero-order chi connectivity index (χ0) is 12.5. The fourth-order valence-corrected chi connectivity index (χ4v) is 2.74. The van der Waals surface area contributed by atoms with Gasteiger partial charge in [-0.2, -0.15) is 0 Å². The Hall–Kier alpha value is -1.67. The molecule has 0 radical (unpaired) electrons. The molecule has 0 heterocycles. The van der Waals surface area contributed by atoms with E-state index >= 15 is 0 Å². The Morgan fingerprint density at radius 3 is 2.50 bits per heavy atom. The highest BCUT2D eigenvalue weighted by Gasteiger charge is 2.20. The van der Waals surface area contributed by atoms with Crippen molar-refractivity contribution in [3.8, 4) is 11.1 Å². The molecule has 0 amide bonds. The molecule has 18 heavy (non-hydrogen) atoms. The second kappa shape index (κ2) is 4.54. The van der Waals surface area contributed by atoms with E-state index < -0.39 is 0 Å². The molecule has 1 nitrogen and oxygen atoms in total. The van der Waals surface area contributed by atoms with E-state index in [4.69, 9.17) is 0 Å². The first-order valence-electron chi connectivity index (χ1n) is 6.34. The maximum absolute atomic E-state index is 12.9. The van der Waals surface area contributed by atoms with Crippen LogP contribution in [0.25, 0.3) is 11.1 Å². The van der Waals surface area contributed by atoms with Crippen molar-refractivity contribution >= 4 is 0 Å². The third-order valence-corrected chi connectivity index (χ3v) is 3.75. The molecule has 0 aliphatic heterocycles. The molecule has 1 N–H and O–H groups in total. The van der Waals surface area contributed by atoms with E-state index in [2.05, 4.69) is 23.5 Å². The van der Waals surface area contributed by atoms with Gasteiger partial charge in [-0.05, 0) is 54.3 Å². The Morgan fingerprint density at radius 1 is 1.06 bits per heavy atom. The minimum Gasteiger partial charge on any atom is -0.313 e. The van der Waals surface area contributed by atoms with Gasteiger partial charge >= 0.3 is 0 Å². The van der Waals surface area contributed by atoms with Crippen LogP contribution in [-0.4, -0.2) is 7.05 Å². The molecular formula is C16H16FN. The molecule has 0 bridgehead atoms. The molecule has 0 fully saturated rings. The maximum Gasteiger partial charge on any atom is 0.123 e. The van der Waals surface area contributed by atoms with Gasteiger partial charge in [0, 0.05) is 6.04 Å². The minimum absolute atomic E-state index is 0.185. The molecule has 1 unspecified atom stereocenters. The van der Waals surface area contributed by atoms with Gasteiger partial charge in [-0.3, -0.25) is 0 Å². The Balaban J connectivity index is 1.98. The third-order valence-electron chi connectivity index (χ3n) is 3.75. The zero-order valence-corrected chi connectivity index (χ0v) is 10.4. The van der Waals surface area contributed by atoms with Crippen molar-refractivity contribution in [1.29, 1.82) is 0 Å². The lowest BCUT2D eigenvalue weighted by molar-refractivity contribution is 0.590. The summed E-state index contributed by atoms with van der Waals surface area (Å²) in [6, 6.07) is 13.7. The van der Waals surface area contributed by atoms with Gasteiger partial charge in [0.1, 0.15) is 5.82 Å². The van der Waals surface area contributed by atoms with Crippen LogP contribution >= 0.6 is 0 Å². The molecular weight excluding hydrogens is 225 g/mol. The fraction of sp³-hybridized carbons (Fsp3) is 0.250. The van der Waals surface area contributed by atoms with E-state index in [-0.39, 0.29) is 5.82 Å². The molecule has 92 valence electrons. The minimum atomic E-state index is -0.185. The Morgan fingerprint density at radius 2 is 1.78 bits per heavy atom. The van der Waals surface area contributed by atoms with Crippen LogP contribution in [0.2, 0.25) is 0 Å². The van der Waals surface area contributed by atoms with Crippen molar-refractivity contribution in [2.45, 2.75) is 18.9 Å². The number of hydrogen-bond donors (Lipinski definition) is 1. The van der Waals surface area contributed by atoms with Gasteiger partial charge in [-0.15, -0.1) is 0 Å². The molecule has 2 aromatic rings. The predicted molar refractivity (Wildman–Crippen MR) is 72.0 cm³/mol. The van der Waals surface area contributed by atoms with Crippen molar-refractivity contribution in [1.82, 2.24) is 5.32 Å². The van der Waals surface area contributed by atoms with E-state index in [1.165, 1.54) is 35.2 Å². The van der Waals surface area contributed by atoms with Crippen molar-refractivity contribution in [2.75, 3.05) is 7.05 Å². The van der Waals surface area contributed by atoms with Gasteiger partial charge in [0.15, 0.2) is 0 Å². The number of hydrogen-bond acceptors (Lipinski definition) is 1. The smallest absolute Gasteiger partial charge is 0.123 e. The summed E-state index contributed by atoms with van der Waals surface area (Å²) in [5, 5.41) is 3.34. The molecule has 0 saturated heterocycles. The molecule has 1 aliphatic carbocycles.